The summed E-state index contributed by atoms with van der Waals surface area (Å²) < 4.78 is 0. The number of fused-ring (bicyclic) bond motifs is 1. The fourth-order valence-electron chi connectivity index (χ4n) is 1.83. The molecule has 0 saturated carbocycles. The van der Waals surface area contributed by atoms with E-state index in [2.05, 4.69) is 26.0 Å². The molecule has 2 N–H and O–H groups in total. The van der Waals surface area contributed by atoms with Gasteiger partial charge < -0.3 is 10.0 Å². The van der Waals surface area contributed by atoms with Crippen molar-refractivity contribution in [2.75, 3.05) is 0 Å². The first-order chi connectivity index (χ1) is 6.50. The highest BCUT2D eigenvalue weighted by Crippen LogP contribution is 2.34. The molecule has 72 valence electrons. The van der Waals surface area contributed by atoms with Crippen LogP contribution in [-0.2, 0) is 5.41 Å². The zero-order valence-electron chi connectivity index (χ0n) is 8.36. The summed E-state index contributed by atoms with van der Waals surface area (Å²) in [5.74, 6) is 0. The molecule has 0 saturated heterocycles. The van der Waals surface area contributed by atoms with E-state index in [4.69, 9.17) is 10.0 Å². The third-order valence-corrected chi connectivity index (χ3v) is 2.75. The summed E-state index contributed by atoms with van der Waals surface area (Å²) in [4.78, 5) is 0. The van der Waals surface area contributed by atoms with Gasteiger partial charge in [0.25, 0.3) is 0 Å². The van der Waals surface area contributed by atoms with Gasteiger partial charge in [-0.25, -0.2) is 0 Å². The average Bonchev–Trinajstić information content (AvgIpc) is 2.42. The lowest BCUT2D eigenvalue weighted by Crippen LogP contribution is -2.31. The number of rotatable bonds is 1. The molecule has 0 radical (unpaired) electrons. The molecule has 0 unspecified atom stereocenters. The summed E-state index contributed by atoms with van der Waals surface area (Å²) in [5.41, 5.74) is 2.88. The molecule has 0 heterocycles. The average molecular weight is 188 g/mol. The minimum absolute atomic E-state index is 0.000231. The van der Waals surface area contributed by atoms with E-state index in [0.717, 1.165) is 5.56 Å². The second kappa shape index (κ2) is 2.97. The van der Waals surface area contributed by atoms with Crippen molar-refractivity contribution in [2.24, 2.45) is 0 Å². The molecule has 14 heavy (non-hydrogen) atoms. The Bertz CT molecular complexity index is 394. The van der Waals surface area contributed by atoms with E-state index in [-0.39, 0.29) is 5.41 Å². The zero-order chi connectivity index (χ0) is 10.3. The van der Waals surface area contributed by atoms with Gasteiger partial charge in [0.15, 0.2) is 0 Å². The minimum Gasteiger partial charge on any atom is -0.423 e. The Morgan fingerprint density at radius 2 is 1.93 bits per heavy atom. The Kier molecular flexibility index (Phi) is 2.02. The van der Waals surface area contributed by atoms with Crippen LogP contribution in [0.5, 0.6) is 0 Å². The normalized spacial score (nSPS) is 16.9. The van der Waals surface area contributed by atoms with Crippen molar-refractivity contribution in [1.82, 2.24) is 0 Å². The van der Waals surface area contributed by atoms with Crippen molar-refractivity contribution in [3.05, 3.63) is 35.4 Å². The summed E-state index contributed by atoms with van der Waals surface area (Å²) in [7, 11) is -1.38. The molecule has 0 fully saturated rings. The van der Waals surface area contributed by atoms with Gasteiger partial charge >= 0.3 is 7.12 Å². The van der Waals surface area contributed by atoms with Gasteiger partial charge in [-0.15, -0.1) is 0 Å². The molecule has 0 spiro atoms. The molecular formula is C11H13BO2. The quantitative estimate of drug-likeness (QED) is 0.636. The van der Waals surface area contributed by atoms with Crippen LogP contribution in [0, 0.1) is 0 Å². The fourth-order valence-corrected chi connectivity index (χ4v) is 1.83. The summed E-state index contributed by atoms with van der Waals surface area (Å²) >= 11 is 0. The second-order valence-electron chi connectivity index (χ2n) is 4.28. The van der Waals surface area contributed by atoms with Gasteiger partial charge in [0.1, 0.15) is 0 Å². The van der Waals surface area contributed by atoms with Crippen molar-refractivity contribution in [3.63, 3.8) is 0 Å². The monoisotopic (exact) mass is 188 g/mol. The van der Waals surface area contributed by atoms with Crippen molar-refractivity contribution < 1.29 is 10.0 Å². The Morgan fingerprint density at radius 1 is 1.21 bits per heavy atom. The van der Waals surface area contributed by atoms with Gasteiger partial charge in [0, 0.05) is 5.41 Å². The van der Waals surface area contributed by atoms with Crippen LogP contribution < -0.4 is 5.46 Å². The number of allylic oxidation sites excluding steroid dienone is 1. The van der Waals surface area contributed by atoms with Crippen LogP contribution in [0.2, 0.25) is 0 Å². The van der Waals surface area contributed by atoms with E-state index in [1.165, 1.54) is 5.56 Å². The minimum atomic E-state index is -1.38. The summed E-state index contributed by atoms with van der Waals surface area (Å²) in [6.07, 6.45) is 4.20. The molecule has 0 aliphatic heterocycles. The largest absolute Gasteiger partial charge is 0.488 e. The van der Waals surface area contributed by atoms with Gasteiger partial charge in [-0.1, -0.05) is 44.2 Å². The van der Waals surface area contributed by atoms with Crippen molar-refractivity contribution in [3.8, 4) is 0 Å². The van der Waals surface area contributed by atoms with Crippen LogP contribution in [0.3, 0.4) is 0 Å². The molecule has 1 aliphatic carbocycles. The van der Waals surface area contributed by atoms with Gasteiger partial charge in [-0.05, 0) is 16.6 Å². The van der Waals surface area contributed by atoms with Gasteiger partial charge in [-0.3, -0.25) is 0 Å². The maximum Gasteiger partial charge on any atom is 0.488 e. The predicted molar refractivity (Wildman–Crippen MR) is 58.3 cm³/mol. The molecule has 2 nitrogen and oxygen atoms in total. The van der Waals surface area contributed by atoms with Crippen LogP contribution in [0.1, 0.15) is 25.0 Å². The first kappa shape index (κ1) is 9.50. The van der Waals surface area contributed by atoms with Crippen molar-refractivity contribution >= 4 is 18.7 Å². The molecule has 1 aromatic rings. The molecule has 0 aromatic heterocycles. The Balaban J connectivity index is 2.52. The lowest BCUT2D eigenvalue weighted by molar-refractivity contribution is 0.425. The van der Waals surface area contributed by atoms with Crippen molar-refractivity contribution in [2.45, 2.75) is 19.3 Å². The molecule has 2 rings (SSSR count). The van der Waals surface area contributed by atoms with E-state index in [9.17, 15) is 0 Å². The number of hydrogen-bond donors (Lipinski definition) is 2. The van der Waals surface area contributed by atoms with Crippen LogP contribution in [0.25, 0.3) is 6.08 Å². The number of hydrogen-bond acceptors (Lipinski definition) is 2. The smallest absolute Gasteiger partial charge is 0.423 e. The molecule has 3 heteroatoms. The molecule has 0 amide bonds. The summed E-state index contributed by atoms with van der Waals surface area (Å²) in [5, 5.41) is 18.1. The van der Waals surface area contributed by atoms with Crippen LogP contribution >= 0.6 is 0 Å². The zero-order valence-corrected chi connectivity index (χ0v) is 8.36. The van der Waals surface area contributed by atoms with Gasteiger partial charge in [-0.2, -0.15) is 0 Å². The fraction of sp³-hybridized carbons (Fsp3) is 0.273. The lowest BCUT2D eigenvalue weighted by atomic mass is 9.76. The lowest BCUT2D eigenvalue weighted by Gasteiger charge is -2.18. The highest BCUT2D eigenvalue weighted by atomic mass is 16.4. The van der Waals surface area contributed by atoms with Crippen LogP contribution in [-0.4, -0.2) is 17.2 Å². The predicted octanol–water partition coefficient (Wildman–Crippen LogP) is 0.671. The molecule has 1 aliphatic rings. The maximum atomic E-state index is 9.06. The topological polar surface area (TPSA) is 40.5 Å². The van der Waals surface area contributed by atoms with E-state index in [1.807, 2.05) is 12.1 Å². The molecule has 1 aromatic carbocycles. The summed E-state index contributed by atoms with van der Waals surface area (Å²) in [6.45, 7) is 4.23. The third kappa shape index (κ3) is 1.39. The molecular weight excluding hydrogens is 175 g/mol. The molecule has 0 atom stereocenters. The van der Waals surface area contributed by atoms with E-state index < -0.39 is 7.12 Å². The van der Waals surface area contributed by atoms with E-state index in [1.54, 1.807) is 6.07 Å². The van der Waals surface area contributed by atoms with E-state index in [0.29, 0.717) is 5.46 Å². The standard InChI is InChI=1S/C11H13BO2/c1-11(2)6-5-8-3-4-9(12(13)14)7-10(8)11/h3-7,13-14H,1-2H3. The Morgan fingerprint density at radius 3 is 2.57 bits per heavy atom. The second-order valence-corrected chi connectivity index (χ2v) is 4.28. The Hall–Kier alpha value is -1.06. The molecule has 0 bridgehead atoms. The first-order valence-corrected chi connectivity index (χ1v) is 4.70. The number of benzene rings is 1. The van der Waals surface area contributed by atoms with Crippen LogP contribution in [0.15, 0.2) is 24.3 Å². The van der Waals surface area contributed by atoms with Gasteiger partial charge in [0.05, 0.1) is 0 Å². The van der Waals surface area contributed by atoms with E-state index >= 15 is 0 Å². The van der Waals surface area contributed by atoms with Crippen molar-refractivity contribution in [1.29, 1.82) is 0 Å². The third-order valence-electron chi connectivity index (χ3n) is 2.75. The van der Waals surface area contributed by atoms with Gasteiger partial charge in [0.2, 0.25) is 0 Å². The highest BCUT2D eigenvalue weighted by Gasteiger charge is 2.26. The van der Waals surface area contributed by atoms with Crippen LogP contribution in [0.4, 0.5) is 0 Å². The maximum absolute atomic E-state index is 9.06. The SMILES string of the molecule is CC1(C)C=Cc2ccc(B(O)O)cc21. The summed E-state index contributed by atoms with van der Waals surface area (Å²) in [6, 6.07) is 5.53. The highest BCUT2D eigenvalue weighted by molar-refractivity contribution is 6.58. The Labute approximate surface area is 84.0 Å². The first-order valence-electron chi connectivity index (χ1n) is 4.70.